The minimum Gasteiger partial charge on any atom is -0.489 e. The molecule has 2 aliphatic rings. The molecule has 4 rings (SSSR count). The van der Waals surface area contributed by atoms with Gasteiger partial charge in [0.1, 0.15) is 48.0 Å². The Morgan fingerprint density at radius 1 is 0.725 bits per heavy atom. The number of fused-ring (bicyclic) bond motifs is 2. The summed E-state index contributed by atoms with van der Waals surface area (Å²) in [6.45, 7) is 11.7. The van der Waals surface area contributed by atoms with Crippen molar-refractivity contribution < 1.29 is 52.8 Å². The van der Waals surface area contributed by atoms with E-state index in [2.05, 4.69) is 16.0 Å². The van der Waals surface area contributed by atoms with Crippen LogP contribution < -0.4 is 35.2 Å². The van der Waals surface area contributed by atoms with Gasteiger partial charge in [0, 0.05) is 19.7 Å². The average molecular weight is 716 g/mol. The van der Waals surface area contributed by atoms with Crippen molar-refractivity contribution in [3.8, 4) is 11.5 Å². The number of benzene rings is 2. The Hall–Kier alpha value is -5.38. The van der Waals surface area contributed by atoms with Crippen LogP contribution in [0.4, 0.5) is 21.0 Å². The van der Waals surface area contributed by atoms with Gasteiger partial charge in [-0.3, -0.25) is 14.4 Å². The second-order valence-electron chi connectivity index (χ2n) is 13.5. The molecule has 0 aliphatic carbocycles. The first-order valence-electron chi connectivity index (χ1n) is 16.0. The van der Waals surface area contributed by atoms with Crippen molar-refractivity contribution in [2.24, 2.45) is 0 Å². The van der Waals surface area contributed by atoms with Gasteiger partial charge >= 0.3 is 18.2 Å². The standard InChI is InChI=1S/C17H22N2O5.C16H20N2O6.C2H7N/c1-10(20)11-6-7-14-13(8-11)19(5)15(21)12(9-23-14)18-16(22)24-17(2,3)4;1-16(2,3)24-15(22)17-10-8-23-12-6-5-9(14(20)21)7-11(12)18(4)13(10)19;1-3-2/h6-8,12H,9H2,1-5H3,(H,18,22);5-7,10H,8H2,1-4H3,(H,17,22)(H,20,21);3H,1-2H3/t12-;10-;/m00./s1. The second-order valence-corrected chi connectivity index (χ2v) is 13.5. The number of alkyl carbamates (subject to hydrolysis) is 2. The van der Waals surface area contributed by atoms with Gasteiger partial charge in [0.25, 0.3) is 11.8 Å². The molecule has 0 saturated carbocycles. The molecule has 2 aromatic carbocycles. The highest BCUT2D eigenvalue weighted by Gasteiger charge is 2.33. The Morgan fingerprint density at radius 3 is 1.41 bits per heavy atom. The molecule has 2 aliphatic heterocycles. The van der Waals surface area contributed by atoms with Crippen LogP contribution in [0.3, 0.4) is 0 Å². The van der Waals surface area contributed by atoms with Crippen LogP contribution in [0.2, 0.25) is 0 Å². The molecule has 16 nitrogen and oxygen atoms in total. The summed E-state index contributed by atoms with van der Waals surface area (Å²) in [6, 6.07) is 7.30. The van der Waals surface area contributed by atoms with E-state index in [1.807, 2.05) is 14.1 Å². The third-order valence-electron chi connectivity index (χ3n) is 6.74. The monoisotopic (exact) mass is 715 g/mol. The minimum atomic E-state index is -1.11. The maximum absolute atomic E-state index is 12.6. The molecule has 4 amide bonds. The molecule has 2 atom stereocenters. The van der Waals surface area contributed by atoms with Gasteiger partial charge in [-0.1, -0.05) is 0 Å². The maximum Gasteiger partial charge on any atom is 0.408 e. The lowest BCUT2D eigenvalue weighted by Crippen LogP contribution is -2.50. The second kappa shape index (κ2) is 17.5. The Labute approximate surface area is 297 Å². The van der Waals surface area contributed by atoms with Crippen LogP contribution in [-0.2, 0) is 19.1 Å². The Balaban J connectivity index is 0.000000328. The molecule has 4 N–H and O–H groups in total. The van der Waals surface area contributed by atoms with Crippen molar-refractivity contribution in [2.45, 2.75) is 71.8 Å². The number of hydrogen-bond donors (Lipinski definition) is 4. The number of Topliss-reactive ketones (excluding diaryl/α,β-unsaturated/α-hetero) is 1. The maximum atomic E-state index is 12.6. The fraction of sp³-hybridized carbons (Fsp3) is 0.486. The van der Waals surface area contributed by atoms with Crippen LogP contribution in [0.15, 0.2) is 36.4 Å². The van der Waals surface area contributed by atoms with Crippen molar-refractivity contribution in [3.63, 3.8) is 0 Å². The molecule has 0 radical (unpaired) electrons. The van der Waals surface area contributed by atoms with Crippen molar-refractivity contribution in [2.75, 3.05) is 51.2 Å². The molecule has 16 heteroatoms. The van der Waals surface area contributed by atoms with E-state index in [1.54, 1.807) is 66.8 Å². The number of carbonyl (C=O) groups excluding carboxylic acids is 5. The quantitative estimate of drug-likeness (QED) is 0.336. The fourth-order valence-electron chi connectivity index (χ4n) is 4.46. The van der Waals surface area contributed by atoms with Crippen LogP contribution >= 0.6 is 0 Å². The van der Waals surface area contributed by atoms with Crippen LogP contribution in [0.5, 0.6) is 11.5 Å². The Kier molecular flexibility index (Phi) is 14.4. The zero-order valence-electron chi connectivity index (χ0n) is 31.0. The number of nitrogens with zero attached hydrogens (tertiary/aromatic N) is 2. The lowest BCUT2D eigenvalue weighted by atomic mass is 10.1. The van der Waals surface area contributed by atoms with Crippen LogP contribution in [0, 0.1) is 0 Å². The van der Waals surface area contributed by atoms with Gasteiger partial charge in [0.15, 0.2) is 5.78 Å². The third-order valence-corrected chi connectivity index (χ3v) is 6.74. The molecule has 0 saturated heterocycles. The molecule has 0 spiro atoms. The number of hydrogen-bond acceptors (Lipinski definition) is 11. The number of nitrogens with one attached hydrogen (secondary N) is 3. The van der Waals surface area contributed by atoms with Gasteiger partial charge < -0.3 is 49.8 Å². The van der Waals surface area contributed by atoms with Gasteiger partial charge in [-0.2, -0.15) is 0 Å². The van der Waals surface area contributed by atoms with E-state index in [9.17, 15) is 28.8 Å². The topological polar surface area (TPSA) is 202 Å². The Bertz CT molecular complexity index is 1500. The zero-order valence-corrected chi connectivity index (χ0v) is 31.0. The Morgan fingerprint density at radius 2 is 1.08 bits per heavy atom. The molecule has 2 heterocycles. The van der Waals surface area contributed by atoms with Gasteiger partial charge in [-0.25, -0.2) is 14.4 Å². The number of aromatic carboxylic acids is 1. The van der Waals surface area contributed by atoms with E-state index in [0.717, 1.165) is 0 Å². The summed E-state index contributed by atoms with van der Waals surface area (Å²) < 4.78 is 21.5. The summed E-state index contributed by atoms with van der Waals surface area (Å²) in [4.78, 5) is 74.1. The van der Waals surface area contributed by atoms with Crippen molar-refractivity contribution >= 4 is 47.1 Å². The van der Waals surface area contributed by atoms with Crippen LogP contribution in [0.1, 0.15) is 69.2 Å². The van der Waals surface area contributed by atoms with E-state index in [-0.39, 0.29) is 30.5 Å². The summed E-state index contributed by atoms with van der Waals surface area (Å²) >= 11 is 0. The number of carboxylic acid groups (broad SMARTS) is 1. The van der Waals surface area contributed by atoms with E-state index >= 15 is 0 Å². The van der Waals surface area contributed by atoms with Crippen molar-refractivity contribution in [3.05, 3.63) is 47.5 Å². The lowest BCUT2D eigenvalue weighted by Gasteiger charge is -2.23. The first-order valence-corrected chi connectivity index (χ1v) is 16.0. The number of likely N-dealkylation sites (N-methyl/N-ethyl adjacent to an activating group) is 2. The van der Waals surface area contributed by atoms with E-state index < -0.39 is 47.3 Å². The van der Waals surface area contributed by atoms with Gasteiger partial charge in [0.2, 0.25) is 0 Å². The number of anilines is 2. The molecular weight excluding hydrogens is 666 g/mol. The van der Waals surface area contributed by atoms with Crippen molar-refractivity contribution in [1.29, 1.82) is 0 Å². The molecule has 51 heavy (non-hydrogen) atoms. The predicted octanol–water partition coefficient (Wildman–Crippen LogP) is 3.61. The minimum absolute atomic E-state index is 0.0190. The zero-order chi connectivity index (χ0) is 38.8. The average Bonchev–Trinajstić information content (AvgIpc) is 3.20. The number of rotatable bonds is 4. The molecule has 0 aromatic heterocycles. The normalized spacial score (nSPS) is 16.8. The first kappa shape index (κ1) is 41.8. The van der Waals surface area contributed by atoms with E-state index in [1.165, 1.54) is 42.0 Å². The highest BCUT2D eigenvalue weighted by Crippen LogP contribution is 2.33. The lowest BCUT2D eigenvalue weighted by molar-refractivity contribution is -0.121. The molecule has 0 unspecified atom stereocenters. The number of amides is 4. The summed E-state index contributed by atoms with van der Waals surface area (Å²) in [5.74, 6) is -1.14. The molecule has 0 bridgehead atoms. The summed E-state index contributed by atoms with van der Waals surface area (Å²) in [7, 11) is 6.81. The summed E-state index contributed by atoms with van der Waals surface area (Å²) in [5.41, 5.74) is -0.0193. The SMILES string of the molecule is CC(=O)c1ccc2c(c1)N(C)C(=O)[C@@H](NC(=O)OC(C)(C)C)CO2.CN1C(=O)[C@@H](NC(=O)OC(C)(C)C)COc2ccc(C(=O)O)cc21.CNC. The van der Waals surface area contributed by atoms with Crippen LogP contribution in [-0.4, -0.2) is 106 Å². The number of carbonyl (C=O) groups is 6. The summed E-state index contributed by atoms with van der Waals surface area (Å²) in [6.07, 6.45) is -1.41. The highest BCUT2D eigenvalue weighted by molar-refractivity contribution is 6.03. The fourth-order valence-corrected chi connectivity index (χ4v) is 4.46. The van der Waals surface area contributed by atoms with Gasteiger partial charge in [-0.05, 0) is 99.0 Å². The van der Waals surface area contributed by atoms with Gasteiger partial charge in [0.05, 0.1) is 16.9 Å². The first-order chi connectivity index (χ1) is 23.6. The van der Waals surface area contributed by atoms with E-state index in [0.29, 0.717) is 28.4 Å². The highest BCUT2D eigenvalue weighted by atomic mass is 16.6. The predicted molar refractivity (Wildman–Crippen MR) is 189 cm³/mol. The molecule has 0 fully saturated rings. The summed E-state index contributed by atoms with van der Waals surface area (Å²) in [5, 5.41) is 16.8. The molecular formula is C35H49N5O11. The number of carboxylic acids is 1. The van der Waals surface area contributed by atoms with Crippen molar-refractivity contribution in [1.82, 2.24) is 16.0 Å². The number of ether oxygens (including phenoxy) is 4. The molecule has 2 aromatic rings. The third kappa shape index (κ3) is 12.5. The van der Waals surface area contributed by atoms with E-state index in [4.69, 9.17) is 24.1 Å². The number of ketones is 1. The smallest absolute Gasteiger partial charge is 0.408 e. The molecule has 280 valence electrons. The van der Waals surface area contributed by atoms with Gasteiger partial charge in [-0.15, -0.1) is 0 Å². The van der Waals surface area contributed by atoms with Crippen LogP contribution in [0.25, 0.3) is 0 Å². The largest absolute Gasteiger partial charge is 0.489 e.